The van der Waals surface area contributed by atoms with Gasteiger partial charge >= 0.3 is 0 Å². The molecule has 3 aromatic rings. The molecule has 0 aromatic heterocycles. The fraction of sp³-hybridized carbons (Fsp3) is 0.0952. The zero-order chi connectivity index (χ0) is 19.6. The van der Waals surface area contributed by atoms with Crippen LogP contribution in [0.4, 0.5) is 8.78 Å². The van der Waals surface area contributed by atoms with E-state index in [2.05, 4.69) is 41.4 Å². The number of rotatable bonds is 5. The molecule has 27 heavy (non-hydrogen) atoms. The summed E-state index contributed by atoms with van der Waals surface area (Å²) < 4.78 is 26.8. The van der Waals surface area contributed by atoms with Crippen molar-refractivity contribution in [2.45, 2.75) is 11.8 Å². The van der Waals surface area contributed by atoms with Crippen molar-refractivity contribution in [1.82, 2.24) is 10.3 Å². The Morgan fingerprint density at radius 1 is 0.963 bits per heavy atom. The Labute approximate surface area is 161 Å². The van der Waals surface area contributed by atoms with Crippen LogP contribution in [0.3, 0.4) is 0 Å². The van der Waals surface area contributed by atoms with Gasteiger partial charge in [-0.1, -0.05) is 42.5 Å². The first-order valence-electron chi connectivity index (χ1n) is 8.20. The van der Waals surface area contributed by atoms with Crippen molar-refractivity contribution in [2.24, 2.45) is 0 Å². The molecule has 0 aliphatic heterocycles. The Morgan fingerprint density at radius 2 is 1.70 bits per heavy atom. The lowest BCUT2D eigenvalue weighted by Gasteiger charge is -2.05. The predicted molar refractivity (Wildman–Crippen MR) is 106 cm³/mol. The van der Waals surface area contributed by atoms with Gasteiger partial charge in [-0.3, -0.25) is 10.2 Å². The topological polar surface area (TPSA) is 41.1 Å². The average molecular weight is 386 g/mol. The minimum Gasteiger partial charge on any atom is -0.298 e. The Morgan fingerprint density at radius 3 is 2.33 bits per heavy atom. The predicted octanol–water partition coefficient (Wildman–Crippen LogP) is 5.17. The van der Waals surface area contributed by atoms with Gasteiger partial charge in [-0.2, -0.15) is 4.83 Å². The standard InChI is InChI=1S/C13H8F2O.C8H12N2S/c14-12-7-6-10(13(15)11(12)8-16)9-4-2-1-3-5-9;1-7-4-3-5-8(6-7)11-10-9-2/h1-8H;3-6,9-10H,1-2H3. The van der Waals surface area contributed by atoms with Gasteiger partial charge in [0.1, 0.15) is 11.6 Å². The van der Waals surface area contributed by atoms with Crippen LogP contribution in [0.1, 0.15) is 15.9 Å². The molecule has 3 nitrogen and oxygen atoms in total. The summed E-state index contributed by atoms with van der Waals surface area (Å²) in [6.45, 7) is 2.09. The van der Waals surface area contributed by atoms with E-state index in [4.69, 9.17) is 0 Å². The number of benzene rings is 3. The van der Waals surface area contributed by atoms with Gasteiger partial charge in [0.2, 0.25) is 0 Å². The van der Waals surface area contributed by atoms with Gasteiger partial charge in [0, 0.05) is 10.5 Å². The van der Waals surface area contributed by atoms with Crippen molar-refractivity contribution in [3.05, 3.63) is 89.5 Å². The molecule has 6 heteroatoms. The van der Waals surface area contributed by atoms with E-state index in [1.54, 1.807) is 42.3 Å². The lowest BCUT2D eigenvalue weighted by molar-refractivity contribution is 0.111. The lowest BCUT2D eigenvalue weighted by atomic mass is 10.0. The maximum Gasteiger partial charge on any atom is 0.155 e. The second-order valence-electron chi connectivity index (χ2n) is 5.58. The van der Waals surface area contributed by atoms with Crippen LogP contribution >= 0.6 is 11.9 Å². The molecule has 0 aliphatic rings. The highest BCUT2D eigenvalue weighted by Crippen LogP contribution is 2.25. The fourth-order valence-corrected chi connectivity index (χ4v) is 2.92. The largest absolute Gasteiger partial charge is 0.298 e. The number of nitrogens with one attached hydrogen (secondary N) is 2. The summed E-state index contributed by atoms with van der Waals surface area (Å²) in [5.41, 5.74) is 4.45. The van der Waals surface area contributed by atoms with Crippen molar-refractivity contribution in [2.75, 3.05) is 7.05 Å². The normalized spacial score (nSPS) is 10.1. The summed E-state index contributed by atoms with van der Waals surface area (Å²) >= 11 is 1.57. The van der Waals surface area contributed by atoms with Crippen LogP contribution in [0.2, 0.25) is 0 Å². The number of hydrogen-bond donors (Lipinski definition) is 2. The third-order valence-electron chi connectivity index (χ3n) is 3.59. The van der Waals surface area contributed by atoms with Crippen molar-refractivity contribution in [3.63, 3.8) is 0 Å². The molecule has 0 bridgehead atoms. The molecule has 0 radical (unpaired) electrons. The second-order valence-corrected chi connectivity index (χ2v) is 6.46. The first kappa shape index (κ1) is 20.8. The first-order valence-corrected chi connectivity index (χ1v) is 9.02. The highest BCUT2D eigenvalue weighted by molar-refractivity contribution is 7.97. The third kappa shape index (κ3) is 5.99. The zero-order valence-electron chi connectivity index (χ0n) is 15.0. The number of hydrazine groups is 1. The lowest BCUT2D eigenvalue weighted by Crippen LogP contribution is -2.19. The van der Waals surface area contributed by atoms with Gasteiger partial charge in [-0.05, 0) is 61.3 Å². The maximum absolute atomic E-state index is 13.7. The number of carbonyl (C=O) groups excluding carboxylic acids is 1. The van der Waals surface area contributed by atoms with Crippen LogP contribution in [-0.2, 0) is 0 Å². The summed E-state index contributed by atoms with van der Waals surface area (Å²) in [6, 6.07) is 19.5. The van der Waals surface area contributed by atoms with E-state index < -0.39 is 17.2 Å². The van der Waals surface area contributed by atoms with Crippen LogP contribution in [-0.4, -0.2) is 13.3 Å². The van der Waals surface area contributed by atoms with Gasteiger partial charge in [0.25, 0.3) is 0 Å². The summed E-state index contributed by atoms with van der Waals surface area (Å²) in [6.07, 6.45) is 0.192. The number of aryl methyl sites for hydroxylation is 1. The van der Waals surface area contributed by atoms with Gasteiger partial charge in [0.05, 0.1) is 5.56 Å². The Balaban J connectivity index is 0.000000208. The van der Waals surface area contributed by atoms with Crippen molar-refractivity contribution >= 4 is 18.2 Å². The molecule has 140 valence electrons. The summed E-state index contributed by atoms with van der Waals surface area (Å²) in [5, 5.41) is 0. The van der Waals surface area contributed by atoms with Crippen LogP contribution < -0.4 is 10.3 Å². The summed E-state index contributed by atoms with van der Waals surface area (Å²) in [5.74, 6) is -1.66. The van der Waals surface area contributed by atoms with E-state index in [0.717, 1.165) is 6.07 Å². The molecular weight excluding hydrogens is 366 g/mol. The Hall–Kier alpha value is -2.54. The van der Waals surface area contributed by atoms with Gasteiger partial charge in [-0.25, -0.2) is 8.78 Å². The smallest absolute Gasteiger partial charge is 0.155 e. The number of carbonyl (C=O) groups is 1. The van der Waals surface area contributed by atoms with Crippen LogP contribution in [0, 0.1) is 18.6 Å². The van der Waals surface area contributed by atoms with Crippen molar-refractivity contribution in [1.29, 1.82) is 0 Å². The highest BCUT2D eigenvalue weighted by atomic mass is 32.2. The minimum atomic E-state index is -0.841. The van der Waals surface area contributed by atoms with Crippen LogP contribution in [0.25, 0.3) is 11.1 Å². The zero-order valence-corrected chi connectivity index (χ0v) is 15.8. The summed E-state index contributed by atoms with van der Waals surface area (Å²) in [4.78, 5) is 14.7. The van der Waals surface area contributed by atoms with Crippen molar-refractivity contribution in [3.8, 4) is 11.1 Å². The maximum atomic E-state index is 13.7. The SMILES string of the molecule is CNNSc1cccc(C)c1.O=Cc1c(F)ccc(-c2ccccc2)c1F. The highest BCUT2D eigenvalue weighted by Gasteiger charge is 2.13. The quantitative estimate of drug-likeness (QED) is 0.361. The monoisotopic (exact) mass is 386 g/mol. The average Bonchev–Trinajstić information content (AvgIpc) is 2.68. The molecule has 0 heterocycles. The van der Waals surface area contributed by atoms with E-state index in [9.17, 15) is 13.6 Å². The van der Waals surface area contributed by atoms with Crippen LogP contribution in [0.5, 0.6) is 0 Å². The molecule has 0 fully saturated rings. The molecule has 0 atom stereocenters. The number of aldehydes is 1. The van der Waals surface area contributed by atoms with E-state index in [0.29, 0.717) is 5.56 Å². The molecule has 3 aromatic carbocycles. The number of hydrogen-bond acceptors (Lipinski definition) is 4. The molecule has 2 N–H and O–H groups in total. The van der Waals surface area contributed by atoms with E-state index >= 15 is 0 Å². The molecule has 0 aliphatic carbocycles. The second kappa shape index (κ2) is 10.6. The van der Waals surface area contributed by atoms with Crippen molar-refractivity contribution < 1.29 is 13.6 Å². The Bertz CT molecular complexity index is 889. The van der Waals surface area contributed by atoms with Gasteiger partial charge in [0.15, 0.2) is 6.29 Å². The minimum absolute atomic E-state index is 0.192. The van der Waals surface area contributed by atoms with E-state index in [1.165, 1.54) is 16.5 Å². The molecule has 0 saturated heterocycles. The fourth-order valence-electron chi connectivity index (χ4n) is 2.31. The van der Waals surface area contributed by atoms with Gasteiger partial charge in [-0.15, -0.1) is 0 Å². The first-order chi connectivity index (χ1) is 13.1. The van der Waals surface area contributed by atoms with Crippen LogP contribution in [0.15, 0.2) is 71.6 Å². The molecule has 0 spiro atoms. The molecular formula is C21H20F2N2OS. The van der Waals surface area contributed by atoms with Gasteiger partial charge < -0.3 is 0 Å². The Kier molecular flexibility index (Phi) is 8.13. The summed E-state index contributed by atoms with van der Waals surface area (Å²) in [7, 11) is 1.85. The molecule has 0 unspecified atom stereocenters. The van der Waals surface area contributed by atoms with E-state index in [1.807, 2.05) is 7.05 Å². The molecule has 0 amide bonds. The third-order valence-corrected chi connectivity index (χ3v) is 4.39. The number of halogens is 2. The van der Waals surface area contributed by atoms with E-state index in [-0.39, 0.29) is 11.8 Å². The molecule has 0 saturated carbocycles. The molecule has 3 rings (SSSR count).